The van der Waals surface area contributed by atoms with Crippen molar-refractivity contribution in [3.05, 3.63) is 135 Å². The fourth-order valence-corrected chi connectivity index (χ4v) is 7.24. The van der Waals surface area contributed by atoms with Crippen molar-refractivity contribution in [3.63, 3.8) is 0 Å². The molecule has 0 saturated heterocycles. The molecule has 0 bridgehead atoms. The minimum Gasteiger partial charge on any atom is -0.456 e. The lowest BCUT2D eigenvalue weighted by Gasteiger charge is -2.38. The second kappa shape index (κ2) is 11.7. The molecule has 8 heteroatoms. The Hall–Kier alpha value is -4.10. The molecule has 0 N–H and O–H groups in total. The quantitative estimate of drug-likeness (QED) is 0.129. The Balaban J connectivity index is 1.51. The van der Waals surface area contributed by atoms with Crippen molar-refractivity contribution in [2.75, 3.05) is 29.1 Å². The molecule has 5 aromatic rings. The number of ether oxygens (including phenoxy) is 2. The van der Waals surface area contributed by atoms with E-state index >= 15 is 0 Å². The van der Waals surface area contributed by atoms with Gasteiger partial charge in [0.05, 0.1) is 11.3 Å². The van der Waals surface area contributed by atoms with Gasteiger partial charge in [-0.1, -0.05) is 41.4 Å². The van der Waals surface area contributed by atoms with E-state index in [0.717, 1.165) is 57.4 Å². The molecule has 2 heterocycles. The molecule has 1 spiro atoms. The predicted molar refractivity (Wildman–Crippen MR) is 185 cm³/mol. The lowest BCUT2D eigenvalue weighted by molar-refractivity contribution is 0.0224. The molecule has 2 aliphatic rings. The summed E-state index contributed by atoms with van der Waals surface area (Å²) in [5.74, 6) is 0.951. The van der Waals surface area contributed by atoms with Gasteiger partial charge >= 0.3 is 5.97 Å². The van der Waals surface area contributed by atoms with E-state index in [1.54, 1.807) is 11.8 Å². The van der Waals surface area contributed by atoms with Gasteiger partial charge in [0, 0.05) is 67.8 Å². The number of benzene rings is 5. The fourth-order valence-electron chi connectivity index (χ4n) is 6.41. The highest BCUT2D eigenvalue weighted by molar-refractivity contribution is 7.98. The third-order valence-corrected chi connectivity index (χ3v) is 9.81. The molecule has 2 aliphatic heterocycles. The monoisotopic (exact) mass is 652 g/mol. The number of nitrogens with zero attached hydrogens (tertiary/aromatic N) is 2. The van der Waals surface area contributed by atoms with Crippen molar-refractivity contribution in [1.29, 1.82) is 0 Å². The lowest BCUT2D eigenvalue weighted by atomic mass is 9.77. The molecule has 1 unspecified atom stereocenters. The molecule has 1 atom stereocenters. The Kier molecular flexibility index (Phi) is 7.68. The third kappa shape index (κ3) is 4.83. The molecule has 5 nitrogen and oxygen atoms in total. The van der Waals surface area contributed by atoms with Crippen molar-refractivity contribution >= 4 is 63.7 Å². The van der Waals surface area contributed by atoms with E-state index in [1.807, 2.05) is 85.1 Å². The number of fused-ring (bicyclic) bond motifs is 6. The Morgan fingerprint density at radius 2 is 1.31 bits per heavy atom. The van der Waals surface area contributed by atoms with Crippen LogP contribution in [0.4, 0.5) is 22.7 Å². The number of halogens is 2. The molecule has 5 aromatic carbocycles. The summed E-state index contributed by atoms with van der Waals surface area (Å²) in [6.45, 7) is 5.99. The number of rotatable bonds is 7. The highest BCUT2D eigenvalue weighted by atomic mass is 35.5. The van der Waals surface area contributed by atoms with E-state index in [-0.39, 0.29) is 5.97 Å². The normalized spacial score (nSPS) is 16.0. The van der Waals surface area contributed by atoms with Gasteiger partial charge in [-0.15, -0.1) is 11.8 Å². The first-order chi connectivity index (χ1) is 21.9. The summed E-state index contributed by atoms with van der Waals surface area (Å²) < 4.78 is 13.3. The van der Waals surface area contributed by atoms with Gasteiger partial charge in [-0.2, -0.15) is 0 Å². The van der Waals surface area contributed by atoms with Crippen LogP contribution in [0.3, 0.4) is 0 Å². The zero-order valence-electron chi connectivity index (χ0n) is 25.0. The maximum absolute atomic E-state index is 13.6. The van der Waals surface area contributed by atoms with Crippen LogP contribution >= 0.6 is 35.0 Å². The highest BCUT2D eigenvalue weighted by Gasteiger charge is 2.54. The zero-order chi connectivity index (χ0) is 31.3. The summed E-state index contributed by atoms with van der Waals surface area (Å²) in [6.07, 6.45) is 2.04. The molecule has 0 saturated carbocycles. The van der Waals surface area contributed by atoms with Crippen LogP contribution in [0, 0.1) is 0 Å². The number of carbonyl (C=O) groups is 1. The predicted octanol–water partition coefficient (Wildman–Crippen LogP) is 10.6. The average Bonchev–Trinajstić information content (AvgIpc) is 3.36. The summed E-state index contributed by atoms with van der Waals surface area (Å²) in [5.41, 5.74) is 5.46. The molecular weight excluding hydrogens is 623 g/mol. The van der Waals surface area contributed by atoms with Crippen LogP contribution in [0.2, 0.25) is 10.0 Å². The average molecular weight is 654 g/mol. The molecule has 0 radical (unpaired) electrons. The minimum absolute atomic E-state index is 0.361. The van der Waals surface area contributed by atoms with Gasteiger partial charge in [-0.05, 0) is 99.0 Å². The van der Waals surface area contributed by atoms with Crippen molar-refractivity contribution in [1.82, 2.24) is 0 Å². The third-order valence-electron chi connectivity index (χ3n) is 8.54. The van der Waals surface area contributed by atoms with Crippen molar-refractivity contribution < 1.29 is 14.3 Å². The summed E-state index contributed by atoms with van der Waals surface area (Å²) in [4.78, 5) is 19.0. The molecule has 226 valence electrons. The molecule has 7 rings (SSSR count). The molecular formula is C37H30Cl2N2O3S. The summed E-state index contributed by atoms with van der Waals surface area (Å²) in [5, 5.41) is 1.29. The largest absolute Gasteiger partial charge is 0.456 e. The maximum atomic E-state index is 13.6. The molecule has 0 aromatic heterocycles. The van der Waals surface area contributed by atoms with Gasteiger partial charge < -0.3 is 19.3 Å². The fraction of sp³-hybridized carbons (Fsp3) is 0.162. The number of hydrogen-bond donors (Lipinski definition) is 0. The Bertz CT molecular complexity index is 1880. The van der Waals surface area contributed by atoms with Gasteiger partial charge in [-0.3, -0.25) is 0 Å². The maximum Gasteiger partial charge on any atom is 0.340 e. The number of thioether (sulfide) groups is 1. The van der Waals surface area contributed by atoms with Gasteiger partial charge in [-0.25, -0.2) is 4.79 Å². The van der Waals surface area contributed by atoms with Crippen molar-refractivity contribution in [2.24, 2.45) is 0 Å². The van der Waals surface area contributed by atoms with Crippen molar-refractivity contribution in [3.8, 4) is 11.5 Å². The number of anilines is 4. The first kappa shape index (κ1) is 29.6. The SMILES string of the molecule is CCN(CC)c1ccc2c(c1)Oc1cc(SC)c(N(c3ccc(Cl)cc3)c3ccc(Cl)cc3)cc1C21OC(=O)c2ccccc21. The van der Waals surface area contributed by atoms with Crippen molar-refractivity contribution in [2.45, 2.75) is 24.3 Å². The van der Waals surface area contributed by atoms with Crippen LogP contribution in [-0.2, 0) is 10.3 Å². The van der Waals surface area contributed by atoms with E-state index in [1.165, 1.54) is 0 Å². The molecule has 0 fully saturated rings. The second-order valence-corrected chi connectivity index (χ2v) is 12.6. The van der Waals surface area contributed by atoms with Crippen LogP contribution in [0.25, 0.3) is 0 Å². The van der Waals surface area contributed by atoms with Crippen LogP contribution in [0.1, 0.15) is 40.9 Å². The van der Waals surface area contributed by atoms with Gasteiger partial charge in [0.1, 0.15) is 11.5 Å². The van der Waals surface area contributed by atoms with Gasteiger partial charge in [0.2, 0.25) is 0 Å². The number of esters is 1. The van der Waals surface area contributed by atoms with E-state index in [4.69, 9.17) is 32.7 Å². The topological polar surface area (TPSA) is 42.0 Å². The summed E-state index contributed by atoms with van der Waals surface area (Å²) in [6, 6.07) is 33.4. The smallest absolute Gasteiger partial charge is 0.340 e. The lowest BCUT2D eigenvalue weighted by Crippen LogP contribution is -2.33. The van der Waals surface area contributed by atoms with Gasteiger partial charge in [0.15, 0.2) is 5.60 Å². The Morgan fingerprint density at radius 3 is 1.93 bits per heavy atom. The van der Waals surface area contributed by atoms with Crippen LogP contribution in [0.5, 0.6) is 11.5 Å². The number of hydrogen-bond acceptors (Lipinski definition) is 6. The van der Waals surface area contributed by atoms with E-state index in [0.29, 0.717) is 27.1 Å². The van der Waals surface area contributed by atoms with Crippen LogP contribution in [0.15, 0.2) is 108 Å². The first-order valence-electron chi connectivity index (χ1n) is 14.8. The molecule has 0 amide bonds. The minimum atomic E-state index is -1.20. The Labute approximate surface area is 277 Å². The molecule has 45 heavy (non-hydrogen) atoms. The van der Waals surface area contributed by atoms with Gasteiger partial charge in [0.25, 0.3) is 0 Å². The van der Waals surface area contributed by atoms with E-state index in [9.17, 15) is 4.79 Å². The number of carbonyl (C=O) groups excluding carboxylic acids is 1. The van der Waals surface area contributed by atoms with E-state index < -0.39 is 5.60 Å². The van der Waals surface area contributed by atoms with E-state index in [2.05, 4.69) is 47.9 Å². The standard InChI is InChI=1S/C37H30Cl2N2O3S/c1-4-40(5-2)27-18-19-30-33(20-27)43-34-22-35(45-3)32(21-31(34)37(30)29-9-7-6-8-28(29)36(42)44-37)41(25-14-10-23(38)11-15-25)26-16-12-24(39)13-17-26/h6-22H,4-5H2,1-3H3. The summed E-state index contributed by atoms with van der Waals surface area (Å²) in [7, 11) is 0. The Morgan fingerprint density at radius 1 is 0.711 bits per heavy atom. The van der Waals surface area contributed by atoms with Crippen LogP contribution < -0.4 is 14.5 Å². The highest BCUT2D eigenvalue weighted by Crippen LogP contribution is 2.58. The zero-order valence-corrected chi connectivity index (χ0v) is 27.3. The second-order valence-electron chi connectivity index (χ2n) is 10.9. The summed E-state index contributed by atoms with van der Waals surface area (Å²) >= 11 is 14.2. The first-order valence-corrected chi connectivity index (χ1v) is 16.8. The van der Waals surface area contributed by atoms with Crippen LogP contribution in [-0.4, -0.2) is 25.3 Å². The molecule has 0 aliphatic carbocycles.